The van der Waals surface area contributed by atoms with E-state index in [2.05, 4.69) is 41.2 Å². The zero-order chi connectivity index (χ0) is 12.6. The largest absolute Gasteiger partial charge is 0.311 e. The summed E-state index contributed by atoms with van der Waals surface area (Å²) in [6.45, 7) is 6.55. The van der Waals surface area contributed by atoms with E-state index in [4.69, 9.17) is 0 Å². The van der Waals surface area contributed by atoms with Crippen molar-refractivity contribution < 1.29 is 0 Å². The minimum absolute atomic E-state index is 0.514. The summed E-state index contributed by atoms with van der Waals surface area (Å²) < 4.78 is 2.09. The van der Waals surface area contributed by atoms with Gasteiger partial charge in [-0.15, -0.1) is 0 Å². The van der Waals surface area contributed by atoms with Gasteiger partial charge < -0.3 is 5.32 Å². The summed E-state index contributed by atoms with van der Waals surface area (Å²) in [7, 11) is 0. The average Bonchev–Trinajstić information content (AvgIpc) is 3.27. The summed E-state index contributed by atoms with van der Waals surface area (Å²) in [4.78, 5) is 0. The fourth-order valence-corrected chi connectivity index (χ4v) is 2.93. The topological polar surface area (TPSA) is 29.9 Å². The van der Waals surface area contributed by atoms with Gasteiger partial charge in [0.25, 0.3) is 0 Å². The van der Waals surface area contributed by atoms with Gasteiger partial charge in [-0.25, -0.2) is 0 Å². The van der Waals surface area contributed by atoms with Gasteiger partial charge in [-0.1, -0.05) is 6.92 Å². The molecule has 2 aliphatic rings. The first-order valence-electron chi connectivity index (χ1n) is 7.48. The van der Waals surface area contributed by atoms with Crippen LogP contribution in [0.5, 0.6) is 0 Å². The van der Waals surface area contributed by atoms with E-state index in [1.807, 2.05) is 0 Å². The van der Waals surface area contributed by atoms with Crippen LogP contribution in [0.15, 0.2) is 12.3 Å². The van der Waals surface area contributed by atoms with E-state index in [-0.39, 0.29) is 0 Å². The minimum Gasteiger partial charge on any atom is -0.311 e. The molecule has 0 aromatic carbocycles. The van der Waals surface area contributed by atoms with Crippen LogP contribution in [-0.4, -0.2) is 16.3 Å². The molecule has 1 heterocycles. The molecule has 3 heteroatoms. The van der Waals surface area contributed by atoms with Crippen molar-refractivity contribution in [2.75, 3.05) is 6.54 Å². The second-order valence-corrected chi connectivity index (χ2v) is 6.28. The maximum Gasteiger partial charge on any atom is 0.0762 e. The molecule has 1 atom stereocenters. The summed E-state index contributed by atoms with van der Waals surface area (Å²) in [5.41, 5.74) is 1.88. The lowest BCUT2D eigenvalue weighted by atomic mass is 10.0. The quantitative estimate of drug-likeness (QED) is 0.802. The number of aromatic nitrogens is 2. The zero-order valence-electron chi connectivity index (χ0n) is 11.7. The SMILES string of the molecule is CCC(C)n1ccc(CNCC2(C3CC3)CC2)n1. The Morgan fingerprint density at radius 2 is 2.28 bits per heavy atom. The number of nitrogens with zero attached hydrogens (tertiary/aromatic N) is 2. The number of hydrogen-bond acceptors (Lipinski definition) is 2. The van der Waals surface area contributed by atoms with Crippen molar-refractivity contribution in [1.29, 1.82) is 0 Å². The molecule has 100 valence electrons. The zero-order valence-corrected chi connectivity index (χ0v) is 11.7. The smallest absolute Gasteiger partial charge is 0.0762 e. The number of nitrogens with one attached hydrogen (secondary N) is 1. The summed E-state index contributed by atoms with van der Waals surface area (Å²) >= 11 is 0. The van der Waals surface area contributed by atoms with Gasteiger partial charge in [0.15, 0.2) is 0 Å². The van der Waals surface area contributed by atoms with Crippen LogP contribution >= 0.6 is 0 Å². The van der Waals surface area contributed by atoms with Crippen LogP contribution in [0.4, 0.5) is 0 Å². The first-order chi connectivity index (χ1) is 8.73. The Hall–Kier alpha value is -0.830. The molecule has 0 aliphatic heterocycles. The maximum atomic E-state index is 4.64. The van der Waals surface area contributed by atoms with E-state index in [0.717, 1.165) is 18.9 Å². The molecule has 0 spiro atoms. The Balaban J connectivity index is 1.46. The highest BCUT2D eigenvalue weighted by atomic mass is 15.3. The van der Waals surface area contributed by atoms with Gasteiger partial charge >= 0.3 is 0 Å². The highest BCUT2D eigenvalue weighted by Crippen LogP contribution is 2.60. The molecule has 0 radical (unpaired) electrons. The molecule has 18 heavy (non-hydrogen) atoms. The van der Waals surface area contributed by atoms with Crippen molar-refractivity contribution in [2.24, 2.45) is 11.3 Å². The van der Waals surface area contributed by atoms with Gasteiger partial charge in [0.05, 0.1) is 5.69 Å². The van der Waals surface area contributed by atoms with E-state index in [0.29, 0.717) is 11.5 Å². The Kier molecular flexibility index (Phi) is 3.18. The average molecular weight is 247 g/mol. The van der Waals surface area contributed by atoms with Crippen molar-refractivity contribution in [1.82, 2.24) is 15.1 Å². The highest BCUT2D eigenvalue weighted by Gasteiger charge is 2.53. The second-order valence-electron chi connectivity index (χ2n) is 6.28. The van der Waals surface area contributed by atoms with Crippen molar-refractivity contribution in [3.05, 3.63) is 18.0 Å². The molecule has 2 fully saturated rings. The molecule has 1 aromatic rings. The molecule has 1 aromatic heterocycles. The Morgan fingerprint density at radius 1 is 1.50 bits per heavy atom. The Bertz CT molecular complexity index is 402. The van der Waals surface area contributed by atoms with Gasteiger partial charge in [-0.3, -0.25) is 4.68 Å². The van der Waals surface area contributed by atoms with Gasteiger partial charge in [0.2, 0.25) is 0 Å². The van der Waals surface area contributed by atoms with Gasteiger partial charge in [-0.2, -0.15) is 5.10 Å². The Morgan fingerprint density at radius 3 is 2.89 bits per heavy atom. The van der Waals surface area contributed by atoms with Gasteiger partial charge in [0.1, 0.15) is 0 Å². The van der Waals surface area contributed by atoms with Crippen LogP contribution in [0.1, 0.15) is 57.7 Å². The van der Waals surface area contributed by atoms with Crippen LogP contribution in [0.2, 0.25) is 0 Å². The minimum atomic E-state index is 0.514. The van der Waals surface area contributed by atoms with Crippen LogP contribution < -0.4 is 5.32 Å². The maximum absolute atomic E-state index is 4.64. The van der Waals surface area contributed by atoms with E-state index in [9.17, 15) is 0 Å². The summed E-state index contributed by atoms with van der Waals surface area (Å²) in [5.74, 6) is 1.04. The van der Waals surface area contributed by atoms with Crippen molar-refractivity contribution in [3.63, 3.8) is 0 Å². The predicted molar refractivity (Wildman–Crippen MR) is 73.3 cm³/mol. The summed E-state index contributed by atoms with van der Waals surface area (Å²) in [5, 5.41) is 8.26. The molecule has 1 unspecified atom stereocenters. The second kappa shape index (κ2) is 4.69. The molecule has 0 bridgehead atoms. The molecular formula is C15H25N3. The third-order valence-corrected chi connectivity index (χ3v) is 4.82. The fourth-order valence-electron chi connectivity index (χ4n) is 2.93. The molecule has 2 aliphatic carbocycles. The lowest BCUT2D eigenvalue weighted by molar-refractivity contribution is 0.400. The molecule has 3 rings (SSSR count). The molecule has 0 amide bonds. The molecule has 1 N–H and O–H groups in total. The standard InChI is InChI=1S/C15H25N3/c1-3-12(2)18-9-6-14(17-18)10-16-11-15(7-8-15)13-4-5-13/h6,9,12-13,16H,3-5,7-8,10-11H2,1-2H3. The lowest BCUT2D eigenvalue weighted by Crippen LogP contribution is -2.25. The summed E-state index contributed by atoms with van der Waals surface area (Å²) in [6, 6.07) is 2.66. The highest BCUT2D eigenvalue weighted by molar-refractivity contribution is 5.06. The Labute approximate surface area is 110 Å². The lowest BCUT2D eigenvalue weighted by Gasteiger charge is -2.14. The monoisotopic (exact) mass is 247 g/mol. The molecular weight excluding hydrogens is 222 g/mol. The first kappa shape index (κ1) is 12.2. The van der Waals surface area contributed by atoms with E-state index < -0.39 is 0 Å². The van der Waals surface area contributed by atoms with Crippen LogP contribution in [0.25, 0.3) is 0 Å². The van der Waals surface area contributed by atoms with Crippen molar-refractivity contribution in [3.8, 4) is 0 Å². The van der Waals surface area contributed by atoms with Crippen molar-refractivity contribution in [2.45, 2.75) is 58.5 Å². The fraction of sp³-hybridized carbons (Fsp3) is 0.800. The first-order valence-corrected chi connectivity index (χ1v) is 7.48. The van der Waals surface area contributed by atoms with Crippen molar-refractivity contribution >= 4 is 0 Å². The third-order valence-electron chi connectivity index (χ3n) is 4.82. The van der Waals surface area contributed by atoms with Crippen LogP contribution in [-0.2, 0) is 6.54 Å². The number of rotatable bonds is 7. The van der Waals surface area contributed by atoms with Gasteiger partial charge in [-0.05, 0) is 56.4 Å². The molecule has 0 saturated heterocycles. The van der Waals surface area contributed by atoms with E-state index in [1.54, 1.807) is 0 Å². The van der Waals surface area contributed by atoms with E-state index in [1.165, 1.54) is 37.9 Å². The van der Waals surface area contributed by atoms with Gasteiger partial charge in [0, 0.05) is 25.3 Å². The third kappa shape index (κ3) is 2.46. The van der Waals surface area contributed by atoms with E-state index >= 15 is 0 Å². The number of hydrogen-bond donors (Lipinski definition) is 1. The molecule has 2 saturated carbocycles. The predicted octanol–water partition coefficient (Wildman–Crippen LogP) is 3.13. The van der Waals surface area contributed by atoms with Crippen LogP contribution in [0.3, 0.4) is 0 Å². The normalized spacial score (nSPS) is 23.0. The summed E-state index contributed by atoms with van der Waals surface area (Å²) in [6.07, 6.45) is 9.10. The van der Waals surface area contributed by atoms with Crippen LogP contribution in [0, 0.1) is 11.3 Å². The molecule has 3 nitrogen and oxygen atoms in total.